The van der Waals surface area contributed by atoms with Crippen LogP contribution in [-0.4, -0.2) is 24.5 Å². The van der Waals surface area contributed by atoms with E-state index in [0.717, 1.165) is 38.9 Å². The van der Waals surface area contributed by atoms with Gasteiger partial charge in [0, 0.05) is 11.6 Å². The van der Waals surface area contributed by atoms with Crippen LogP contribution in [0.4, 0.5) is 8.78 Å². The lowest BCUT2D eigenvalue weighted by molar-refractivity contribution is 0.134. The number of hydrogen-bond donors (Lipinski definition) is 1. The lowest BCUT2D eigenvalue weighted by Crippen LogP contribution is -2.36. The van der Waals surface area contributed by atoms with Gasteiger partial charge in [-0.15, -0.1) is 0 Å². The molecule has 1 fully saturated rings. The van der Waals surface area contributed by atoms with Gasteiger partial charge in [0.25, 0.3) is 0 Å². The van der Waals surface area contributed by atoms with Crippen LogP contribution in [0, 0.1) is 17.6 Å². The number of halogens is 2. The van der Waals surface area contributed by atoms with Gasteiger partial charge in [0.1, 0.15) is 11.6 Å². The smallest absolute Gasteiger partial charge is 0.130 e. The summed E-state index contributed by atoms with van der Waals surface area (Å²) in [5.74, 6) is -0.230. The predicted molar refractivity (Wildman–Crippen MR) is 72.7 cm³/mol. The lowest BCUT2D eigenvalue weighted by Gasteiger charge is -2.36. The molecule has 2 rings (SSSR count). The first kappa shape index (κ1) is 14.4. The number of likely N-dealkylation sites (tertiary alicyclic amines) is 1. The Morgan fingerprint density at radius 2 is 1.84 bits per heavy atom. The molecule has 2 nitrogen and oxygen atoms in total. The quantitative estimate of drug-likeness (QED) is 0.909. The minimum atomic E-state index is -0.448. The van der Waals surface area contributed by atoms with E-state index in [1.54, 1.807) is 0 Å². The molecular weight excluding hydrogens is 246 g/mol. The van der Waals surface area contributed by atoms with Gasteiger partial charge in [-0.25, -0.2) is 8.78 Å². The molecule has 106 valence electrons. The molecule has 2 N–H and O–H groups in total. The molecule has 1 aromatic rings. The van der Waals surface area contributed by atoms with E-state index in [-0.39, 0.29) is 11.6 Å². The second kappa shape index (κ2) is 6.44. The minimum Gasteiger partial charge on any atom is -0.330 e. The van der Waals surface area contributed by atoms with Crippen molar-refractivity contribution >= 4 is 0 Å². The summed E-state index contributed by atoms with van der Waals surface area (Å²) in [6.07, 6.45) is 3.19. The highest BCUT2D eigenvalue weighted by Crippen LogP contribution is 2.30. The standard InChI is InChI=1S/C15H22F2N2/c1-11(15-13(16)3-2-4-14(15)17)19-9-6-12(5-8-18)7-10-19/h2-4,11-12H,5-10,18H2,1H3. The molecule has 0 radical (unpaired) electrons. The maximum absolute atomic E-state index is 13.8. The number of rotatable bonds is 4. The summed E-state index contributed by atoms with van der Waals surface area (Å²) in [5, 5.41) is 0. The fraction of sp³-hybridized carbons (Fsp3) is 0.600. The third-order valence-corrected chi connectivity index (χ3v) is 4.19. The van der Waals surface area contributed by atoms with E-state index >= 15 is 0 Å². The Balaban J connectivity index is 2.03. The van der Waals surface area contributed by atoms with Crippen LogP contribution in [0.3, 0.4) is 0 Å². The predicted octanol–water partition coefficient (Wildman–Crippen LogP) is 3.09. The molecule has 0 aliphatic carbocycles. The monoisotopic (exact) mass is 268 g/mol. The van der Waals surface area contributed by atoms with Crippen LogP contribution in [0.2, 0.25) is 0 Å². The van der Waals surface area contributed by atoms with E-state index in [9.17, 15) is 8.78 Å². The van der Waals surface area contributed by atoms with Crippen molar-refractivity contribution in [2.45, 2.75) is 32.2 Å². The zero-order valence-electron chi connectivity index (χ0n) is 11.4. The summed E-state index contributed by atoms with van der Waals surface area (Å²) in [5.41, 5.74) is 5.77. The molecular formula is C15H22F2N2. The van der Waals surface area contributed by atoms with E-state index in [4.69, 9.17) is 5.73 Å². The van der Waals surface area contributed by atoms with Crippen LogP contribution in [0.1, 0.15) is 37.8 Å². The molecule has 19 heavy (non-hydrogen) atoms. The van der Waals surface area contributed by atoms with Crippen LogP contribution >= 0.6 is 0 Å². The number of benzene rings is 1. The second-order valence-electron chi connectivity index (χ2n) is 5.37. The Bertz CT molecular complexity index is 394. The maximum Gasteiger partial charge on any atom is 0.130 e. The zero-order valence-corrected chi connectivity index (χ0v) is 11.4. The number of nitrogens with zero attached hydrogens (tertiary/aromatic N) is 1. The summed E-state index contributed by atoms with van der Waals surface area (Å²) in [6, 6.07) is 3.86. The average molecular weight is 268 g/mol. The SMILES string of the molecule is CC(c1c(F)cccc1F)N1CCC(CCN)CC1. The van der Waals surface area contributed by atoms with Gasteiger partial charge >= 0.3 is 0 Å². The van der Waals surface area contributed by atoms with Crippen LogP contribution < -0.4 is 5.73 Å². The van der Waals surface area contributed by atoms with Crippen LogP contribution in [0.25, 0.3) is 0 Å². The fourth-order valence-corrected chi connectivity index (χ4v) is 2.96. The summed E-state index contributed by atoms with van der Waals surface area (Å²) in [6.45, 7) is 4.38. The molecule has 1 heterocycles. The molecule has 1 atom stereocenters. The van der Waals surface area contributed by atoms with Gasteiger partial charge < -0.3 is 5.73 Å². The Hall–Kier alpha value is -1.00. The molecule has 0 spiro atoms. The van der Waals surface area contributed by atoms with Gasteiger partial charge in [-0.3, -0.25) is 4.90 Å². The van der Waals surface area contributed by atoms with Gasteiger partial charge in [-0.05, 0) is 63.9 Å². The highest BCUT2D eigenvalue weighted by molar-refractivity contribution is 5.23. The fourth-order valence-electron chi connectivity index (χ4n) is 2.96. The largest absolute Gasteiger partial charge is 0.330 e. The van der Waals surface area contributed by atoms with Crippen LogP contribution in [0.5, 0.6) is 0 Å². The van der Waals surface area contributed by atoms with Crippen molar-refractivity contribution in [2.75, 3.05) is 19.6 Å². The van der Waals surface area contributed by atoms with E-state index in [0.29, 0.717) is 5.92 Å². The number of hydrogen-bond acceptors (Lipinski definition) is 2. The van der Waals surface area contributed by atoms with Crippen molar-refractivity contribution < 1.29 is 8.78 Å². The summed E-state index contributed by atoms with van der Waals surface area (Å²) in [7, 11) is 0. The summed E-state index contributed by atoms with van der Waals surface area (Å²) in [4.78, 5) is 2.16. The van der Waals surface area contributed by atoms with E-state index < -0.39 is 11.6 Å². The molecule has 0 aromatic heterocycles. The third-order valence-electron chi connectivity index (χ3n) is 4.19. The lowest BCUT2D eigenvalue weighted by atomic mass is 9.92. The van der Waals surface area contributed by atoms with Crippen molar-refractivity contribution in [2.24, 2.45) is 11.7 Å². The van der Waals surface area contributed by atoms with Crippen molar-refractivity contribution in [3.05, 3.63) is 35.4 Å². The molecule has 1 saturated heterocycles. The van der Waals surface area contributed by atoms with E-state index in [2.05, 4.69) is 4.90 Å². The molecule has 0 bridgehead atoms. The zero-order chi connectivity index (χ0) is 13.8. The average Bonchev–Trinajstić information content (AvgIpc) is 2.39. The first-order chi connectivity index (χ1) is 9.13. The first-order valence-electron chi connectivity index (χ1n) is 7.01. The van der Waals surface area contributed by atoms with Crippen molar-refractivity contribution in [1.29, 1.82) is 0 Å². The number of piperidine rings is 1. The summed E-state index contributed by atoms with van der Waals surface area (Å²) >= 11 is 0. The normalized spacial score (nSPS) is 19.6. The Morgan fingerprint density at radius 3 is 2.37 bits per heavy atom. The number of nitrogens with two attached hydrogens (primary N) is 1. The van der Waals surface area contributed by atoms with E-state index in [1.807, 2.05) is 6.92 Å². The Kier molecular flexibility index (Phi) is 4.88. The molecule has 4 heteroatoms. The molecule has 1 aromatic carbocycles. The topological polar surface area (TPSA) is 29.3 Å². The molecule has 1 unspecified atom stereocenters. The van der Waals surface area contributed by atoms with Crippen molar-refractivity contribution in [1.82, 2.24) is 4.90 Å². The third kappa shape index (κ3) is 3.31. The molecule has 0 amide bonds. The Morgan fingerprint density at radius 1 is 1.26 bits per heavy atom. The summed E-state index contributed by atoms with van der Waals surface area (Å²) < 4.78 is 27.5. The van der Waals surface area contributed by atoms with Gasteiger partial charge in [0.15, 0.2) is 0 Å². The maximum atomic E-state index is 13.8. The first-order valence-corrected chi connectivity index (χ1v) is 7.01. The van der Waals surface area contributed by atoms with Gasteiger partial charge in [0.2, 0.25) is 0 Å². The van der Waals surface area contributed by atoms with Crippen molar-refractivity contribution in [3.63, 3.8) is 0 Å². The molecule has 0 saturated carbocycles. The second-order valence-corrected chi connectivity index (χ2v) is 5.37. The van der Waals surface area contributed by atoms with Crippen LogP contribution in [-0.2, 0) is 0 Å². The van der Waals surface area contributed by atoms with E-state index in [1.165, 1.54) is 18.2 Å². The molecule has 1 aliphatic heterocycles. The highest BCUT2D eigenvalue weighted by atomic mass is 19.1. The van der Waals surface area contributed by atoms with Gasteiger partial charge in [-0.1, -0.05) is 6.07 Å². The van der Waals surface area contributed by atoms with Crippen LogP contribution in [0.15, 0.2) is 18.2 Å². The Labute approximate surface area is 113 Å². The van der Waals surface area contributed by atoms with Crippen molar-refractivity contribution in [3.8, 4) is 0 Å². The van der Waals surface area contributed by atoms with Gasteiger partial charge in [-0.2, -0.15) is 0 Å². The van der Waals surface area contributed by atoms with Gasteiger partial charge in [0.05, 0.1) is 0 Å². The minimum absolute atomic E-state index is 0.194. The molecule has 1 aliphatic rings. The highest BCUT2D eigenvalue weighted by Gasteiger charge is 2.26.